The Morgan fingerprint density at radius 1 is 0.500 bits per heavy atom. The Balaban J connectivity index is 1.23. The van der Waals surface area contributed by atoms with Crippen LogP contribution >= 0.6 is 0 Å². The summed E-state index contributed by atoms with van der Waals surface area (Å²) in [4.78, 5) is 36.1. The average Bonchev–Trinajstić information content (AvgIpc) is 3.09. The number of nitrogens with zero attached hydrogens (tertiary/aromatic N) is 4. The summed E-state index contributed by atoms with van der Waals surface area (Å²) in [5.41, 5.74) is 3.94. The first-order chi connectivity index (χ1) is 23.2. The molecule has 0 bridgehead atoms. The first-order valence-corrected chi connectivity index (χ1v) is 18.9. The fourth-order valence-electron chi connectivity index (χ4n) is 8.29. The third-order valence-electron chi connectivity index (χ3n) is 11.1. The number of hydrogen-bond donors (Lipinski definition) is 2. The Morgan fingerprint density at radius 2 is 0.833 bits per heavy atom. The Hall–Kier alpha value is -3.42. The molecule has 4 amide bonds. The van der Waals surface area contributed by atoms with Crippen molar-refractivity contribution in [3.63, 3.8) is 0 Å². The molecule has 5 rings (SSSR count). The van der Waals surface area contributed by atoms with Gasteiger partial charge in [0.1, 0.15) is 0 Å². The molecule has 48 heavy (non-hydrogen) atoms. The van der Waals surface area contributed by atoms with Crippen LogP contribution < -0.4 is 20.4 Å². The number of rotatable bonds is 12. The summed E-state index contributed by atoms with van der Waals surface area (Å²) in [5.74, 6) is 2.07. The molecule has 2 atom stereocenters. The van der Waals surface area contributed by atoms with E-state index < -0.39 is 0 Å². The van der Waals surface area contributed by atoms with Gasteiger partial charge in [-0.25, -0.2) is 9.59 Å². The van der Waals surface area contributed by atoms with Crippen LogP contribution in [0.2, 0.25) is 0 Å². The van der Waals surface area contributed by atoms with Gasteiger partial charge in [0.15, 0.2) is 0 Å². The summed E-state index contributed by atoms with van der Waals surface area (Å²) in [6.07, 6.45) is 17.1. The van der Waals surface area contributed by atoms with Crippen molar-refractivity contribution in [2.45, 2.75) is 89.9 Å². The molecule has 0 aromatic heterocycles. The zero-order valence-electron chi connectivity index (χ0n) is 30.3. The molecular weight excluding hydrogens is 596 g/mol. The maximum absolute atomic E-state index is 13.8. The van der Waals surface area contributed by atoms with Crippen molar-refractivity contribution in [1.29, 1.82) is 0 Å². The highest BCUT2D eigenvalue weighted by Gasteiger charge is 2.31. The predicted octanol–water partition coefficient (Wildman–Crippen LogP) is 9.15. The molecule has 3 aliphatic carbocycles. The number of carbonyl (C=O) groups excluding carboxylic acids is 2. The van der Waals surface area contributed by atoms with E-state index in [4.69, 9.17) is 0 Å². The molecular formula is C40H62N6O2. The van der Waals surface area contributed by atoms with E-state index in [1.165, 1.54) is 64.2 Å². The predicted molar refractivity (Wildman–Crippen MR) is 201 cm³/mol. The lowest BCUT2D eigenvalue weighted by Crippen LogP contribution is -2.45. The number of benzene rings is 2. The Labute approximate surface area is 290 Å². The second-order valence-corrected chi connectivity index (χ2v) is 15.5. The van der Waals surface area contributed by atoms with E-state index in [0.29, 0.717) is 23.7 Å². The number of anilines is 4. The van der Waals surface area contributed by atoms with E-state index in [1.54, 1.807) is 0 Å². The zero-order valence-corrected chi connectivity index (χ0v) is 30.3. The van der Waals surface area contributed by atoms with Crippen molar-refractivity contribution >= 4 is 34.8 Å². The lowest BCUT2D eigenvalue weighted by molar-refractivity contribution is 0.135. The Kier molecular flexibility index (Phi) is 13.3. The Bertz CT molecular complexity index is 1170. The fraction of sp³-hybridized carbons (Fsp3) is 0.650. The molecule has 3 saturated carbocycles. The molecule has 2 N–H and O–H groups in total. The summed E-state index contributed by atoms with van der Waals surface area (Å²) < 4.78 is 0. The van der Waals surface area contributed by atoms with Crippen LogP contribution in [0.25, 0.3) is 0 Å². The van der Waals surface area contributed by atoms with Gasteiger partial charge >= 0.3 is 12.1 Å². The van der Waals surface area contributed by atoms with E-state index in [9.17, 15) is 9.59 Å². The molecule has 2 aromatic carbocycles. The molecule has 264 valence electrons. The van der Waals surface area contributed by atoms with Crippen molar-refractivity contribution in [3.05, 3.63) is 48.5 Å². The normalized spacial score (nSPS) is 20.5. The molecule has 2 aromatic rings. The lowest BCUT2D eigenvalue weighted by atomic mass is 9.80. The summed E-state index contributed by atoms with van der Waals surface area (Å²) in [5, 5.41) is 6.46. The zero-order chi connectivity index (χ0) is 33.9. The van der Waals surface area contributed by atoms with Crippen LogP contribution in [-0.4, -0.2) is 76.2 Å². The topological polar surface area (TPSA) is 71.2 Å². The van der Waals surface area contributed by atoms with Gasteiger partial charge in [0.2, 0.25) is 0 Å². The highest BCUT2D eigenvalue weighted by atomic mass is 16.2. The van der Waals surface area contributed by atoms with Crippen LogP contribution in [0, 0.1) is 23.7 Å². The quantitative estimate of drug-likeness (QED) is 0.239. The summed E-state index contributed by atoms with van der Waals surface area (Å²) in [6, 6.07) is 16.3. The molecule has 0 saturated heterocycles. The summed E-state index contributed by atoms with van der Waals surface area (Å²) in [7, 11) is 8.12. The molecule has 0 heterocycles. The fourth-order valence-corrected chi connectivity index (χ4v) is 8.29. The molecule has 0 spiro atoms. The van der Waals surface area contributed by atoms with E-state index in [2.05, 4.69) is 54.5 Å². The van der Waals surface area contributed by atoms with E-state index >= 15 is 0 Å². The highest BCUT2D eigenvalue weighted by molar-refractivity contribution is 5.90. The third kappa shape index (κ3) is 10.8. The van der Waals surface area contributed by atoms with Gasteiger partial charge in [-0.3, -0.25) is 0 Å². The molecule has 8 heteroatoms. The van der Waals surface area contributed by atoms with Gasteiger partial charge in [0, 0.05) is 77.1 Å². The average molecular weight is 659 g/mol. The smallest absolute Gasteiger partial charge is 0.321 e. The number of urea groups is 2. The molecule has 0 radical (unpaired) electrons. The lowest BCUT2D eigenvalue weighted by Gasteiger charge is -2.38. The molecule has 3 aliphatic rings. The monoisotopic (exact) mass is 658 g/mol. The number of nitrogens with one attached hydrogen (secondary N) is 2. The van der Waals surface area contributed by atoms with Crippen molar-refractivity contribution in [2.24, 2.45) is 23.7 Å². The SMILES string of the molecule is CN(C)c1ccc(NC(=O)N(CC2CCCCC2)C[C@@H]2CCC[C@@H](CN(CC3CCCCC3)C(=O)Nc3ccc(N(C)C)cc3)C2)cc1. The van der Waals surface area contributed by atoms with Gasteiger partial charge in [0.05, 0.1) is 0 Å². The van der Waals surface area contributed by atoms with Crippen LogP contribution in [0.5, 0.6) is 0 Å². The number of amides is 4. The minimum Gasteiger partial charge on any atom is -0.378 e. The minimum atomic E-state index is 0.0267. The molecule has 0 aliphatic heterocycles. The van der Waals surface area contributed by atoms with Gasteiger partial charge in [-0.15, -0.1) is 0 Å². The molecule has 3 fully saturated rings. The largest absolute Gasteiger partial charge is 0.378 e. The van der Waals surface area contributed by atoms with Crippen LogP contribution in [0.4, 0.5) is 32.3 Å². The van der Waals surface area contributed by atoms with Gasteiger partial charge in [-0.05, 0) is 117 Å². The maximum atomic E-state index is 13.8. The highest BCUT2D eigenvalue weighted by Crippen LogP contribution is 2.33. The Morgan fingerprint density at radius 3 is 1.19 bits per heavy atom. The van der Waals surface area contributed by atoms with Crippen LogP contribution in [0.3, 0.4) is 0 Å². The standard InChI is InChI=1S/C40H62N6O2/c1-43(2)37-22-18-35(19-23-37)41-39(47)45(27-31-12-7-5-8-13-31)29-33-16-11-17-34(26-33)30-46(28-32-14-9-6-10-15-32)40(48)42-36-20-24-38(25-21-36)44(3)4/h18-25,31-34H,5-17,26-30H2,1-4H3,(H,41,47)(H,42,48)/t33-,34-/m1/s1. The second-order valence-electron chi connectivity index (χ2n) is 15.5. The van der Waals surface area contributed by atoms with Crippen molar-refractivity contribution in [3.8, 4) is 0 Å². The van der Waals surface area contributed by atoms with Gasteiger partial charge < -0.3 is 30.2 Å². The number of hydrogen-bond acceptors (Lipinski definition) is 4. The second kappa shape index (κ2) is 17.8. The van der Waals surface area contributed by atoms with E-state index in [1.807, 2.05) is 52.5 Å². The van der Waals surface area contributed by atoms with Crippen molar-refractivity contribution in [1.82, 2.24) is 9.80 Å². The third-order valence-corrected chi connectivity index (χ3v) is 11.1. The molecule has 8 nitrogen and oxygen atoms in total. The maximum Gasteiger partial charge on any atom is 0.321 e. The summed E-state index contributed by atoms with van der Waals surface area (Å²) in [6.45, 7) is 3.26. The summed E-state index contributed by atoms with van der Waals surface area (Å²) >= 11 is 0. The van der Waals surface area contributed by atoms with Gasteiger partial charge in [-0.1, -0.05) is 44.9 Å². The van der Waals surface area contributed by atoms with Gasteiger partial charge in [0.25, 0.3) is 0 Å². The minimum absolute atomic E-state index is 0.0267. The number of carbonyl (C=O) groups is 2. The van der Waals surface area contributed by atoms with E-state index in [0.717, 1.165) is 74.6 Å². The molecule has 0 unspecified atom stereocenters. The van der Waals surface area contributed by atoms with Crippen LogP contribution in [0.15, 0.2) is 48.5 Å². The van der Waals surface area contributed by atoms with Crippen molar-refractivity contribution < 1.29 is 9.59 Å². The van der Waals surface area contributed by atoms with Crippen molar-refractivity contribution in [2.75, 3.05) is 74.8 Å². The van der Waals surface area contributed by atoms with Crippen LogP contribution in [0.1, 0.15) is 89.9 Å². The van der Waals surface area contributed by atoms with E-state index in [-0.39, 0.29) is 12.1 Å². The first-order valence-electron chi connectivity index (χ1n) is 18.9. The first kappa shape index (κ1) is 35.9. The van der Waals surface area contributed by atoms with Crippen LogP contribution in [-0.2, 0) is 0 Å². The van der Waals surface area contributed by atoms with Gasteiger partial charge in [-0.2, -0.15) is 0 Å².